The summed E-state index contributed by atoms with van der Waals surface area (Å²) in [7, 11) is -3.80. The maximum atomic E-state index is 13.3. The lowest BCUT2D eigenvalue weighted by atomic mass is 9.95. The number of nitrogens with zero attached hydrogens (tertiary/aromatic N) is 4. The van der Waals surface area contributed by atoms with Crippen molar-refractivity contribution in [1.82, 2.24) is 24.3 Å². The lowest BCUT2D eigenvalue weighted by Gasteiger charge is -2.41. The number of carbonyl (C=O) groups is 1. The second kappa shape index (κ2) is 9.60. The van der Waals surface area contributed by atoms with Crippen molar-refractivity contribution < 1.29 is 17.6 Å². The third-order valence-corrected chi connectivity index (χ3v) is 9.10. The van der Waals surface area contributed by atoms with Crippen LogP contribution in [0.1, 0.15) is 44.9 Å². The number of aromatic nitrogens is 2. The van der Waals surface area contributed by atoms with E-state index in [1.165, 1.54) is 42.7 Å². The monoisotopic (exact) mass is 475 g/mol. The lowest BCUT2D eigenvalue weighted by molar-refractivity contribution is -0.138. The Kier molecular flexibility index (Phi) is 6.58. The van der Waals surface area contributed by atoms with Crippen molar-refractivity contribution in [2.24, 2.45) is 5.92 Å². The van der Waals surface area contributed by atoms with Crippen LogP contribution in [0.2, 0.25) is 0 Å². The maximum absolute atomic E-state index is 13.3. The van der Waals surface area contributed by atoms with E-state index in [2.05, 4.69) is 15.1 Å². The Morgan fingerprint density at radius 3 is 2.48 bits per heavy atom. The van der Waals surface area contributed by atoms with Crippen LogP contribution >= 0.6 is 0 Å². The van der Waals surface area contributed by atoms with Crippen molar-refractivity contribution in [1.29, 1.82) is 0 Å². The van der Waals surface area contributed by atoms with Crippen molar-refractivity contribution in [3.63, 3.8) is 0 Å². The van der Waals surface area contributed by atoms with Crippen molar-refractivity contribution in [2.45, 2.75) is 56.1 Å². The predicted molar refractivity (Wildman–Crippen MR) is 123 cm³/mol. The summed E-state index contributed by atoms with van der Waals surface area (Å²) >= 11 is 0. The Hall–Kier alpha value is -2.17. The molecule has 2 aromatic rings. The molecule has 3 saturated heterocycles. The average molecular weight is 476 g/mol. The van der Waals surface area contributed by atoms with Crippen LogP contribution in [-0.4, -0.2) is 83.9 Å². The van der Waals surface area contributed by atoms with Crippen LogP contribution < -0.4 is 0 Å². The third kappa shape index (κ3) is 4.74. The summed E-state index contributed by atoms with van der Waals surface area (Å²) in [5.74, 6) is 0.235. The Labute approximate surface area is 195 Å². The standard InChI is InChI=1S/C23H33N5O4S/c29-23(27-15-9-19(10-16-27)26-12-2-1-3-13-26)18-5-4-14-28(17-18)33(30,31)22-7-6-21(32-22)20-8-11-24-25-20/h6-8,11,18-19H,1-5,9-10,12-17H2,(H,24,25). The Morgan fingerprint density at radius 2 is 1.76 bits per heavy atom. The Morgan fingerprint density at radius 1 is 0.970 bits per heavy atom. The number of likely N-dealkylation sites (tertiary alicyclic amines) is 2. The van der Waals surface area contributed by atoms with Crippen molar-refractivity contribution in [2.75, 3.05) is 39.3 Å². The first kappa shape index (κ1) is 22.6. The quantitative estimate of drug-likeness (QED) is 0.713. The highest BCUT2D eigenvalue weighted by Gasteiger charge is 2.37. The van der Waals surface area contributed by atoms with Crippen molar-refractivity contribution in [3.05, 3.63) is 24.4 Å². The van der Waals surface area contributed by atoms with Crippen LogP contribution in [0.3, 0.4) is 0 Å². The third-order valence-electron chi connectivity index (χ3n) is 7.36. The van der Waals surface area contributed by atoms with Gasteiger partial charge < -0.3 is 14.2 Å². The van der Waals surface area contributed by atoms with Gasteiger partial charge >= 0.3 is 0 Å². The van der Waals surface area contributed by atoms with E-state index in [9.17, 15) is 13.2 Å². The van der Waals surface area contributed by atoms with Gasteiger partial charge in [-0.05, 0) is 69.8 Å². The molecule has 9 nitrogen and oxygen atoms in total. The van der Waals surface area contributed by atoms with E-state index in [4.69, 9.17) is 4.42 Å². The summed E-state index contributed by atoms with van der Waals surface area (Å²) in [6.45, 7) is 4.53. The molecule has 33 heavy (non-hydrogen) atoms. The number of piperidine rings is 3. The second-order valence-corrected chi connectivity index (χ2v) is 11.3. The van der Waals surface area contributed by atoms with E-state index in [0.717, 1.165) is 32.4 Å². The number of amides is 1. The molecule has 10 heteroatoms. The molecular weight excluding hydrogens is 442 g/mol. The van der Waals surface area contributed by atoms with Gasteiger partial charge in [0.1, 0.15) is 5.69 Å². The first-order valence-electron chi connectivity index (χ1n) is 12.1. The highest BCUT2D eigenvalue weighted by molar-refractivity contribution is 7.89. The van der Waals surface area contributed by atoms with Gasteiger partial charge in [-0.3, -0.25) is 9.89 Å². The first-order valence-corrected chi connectivity index (χ1v) is 13.6. The smallest absolute Gasteiger partial charge is 0.276 e. The summed E-state index contributed by atoms with van der Waals surface area (Å²) in [5, 5.41) is 6.55. The van der Waals surface area contributed by atoms with Crippen LogP contribution in [0.4, 0.5) is 0 Å². The predicted octanol–water partition coefficient (Wildman–Crippen LogP) is 2.55. The highest BCUT2D eigenvalue weighted by Crippen LogP contribution is 2.29. The summed E-state index contributed by atoms with van der Waals surface area (Å²) in [5.41, 5.74) is 0.621. The van der Waals surface area contributed by atoms with Gasteiger partial charge in [0.2, 0.25) is 11.0 Å². The normalized spacial score (nSPS) is 24.2. The molecule has 0 aliphatic carbocycles. The number of sulfonamides is 1. The summed E-state index contributed by atoms with van der Waals surface area (Å²) in [6.07, 6.45) is 8.92. The number of hydrogen-bond donors (Lipinski definition) is 1. The number of nitrogens with one attached hydrogen (secondary N) is 1. The fraction of sp³-hybridized carbons (Fsp3) is 0.652. The zero-order chi connectivity index (χ0) is 22.8. The molecule has 1 unspecified atom stereocenters. The van der Waals surface area contributed by atoms with E-state index < -0.39 is 10.0 Å². The molecule has 1 atom stereocenters. The van der Waals surface area contributed by atoms with Crippen LogP contribution in [0, 0.1) is 5.92 Å². The zero-order valence-corrected chi connectivity index (χ0v) is 19.8. The van der Waals surface area contributed by atoms with Gasteiger partial charge in [0.05, 0.1) is 5.92 Å². The molecule has 5 rings (SSSR count). The lowest BCUT2D eigenvalue weighted by Crippen LogP contribution is -2.51. The topological polar surface area (TPSA) is 103 Å². The van der Waals surface area contributed by atoms with E-state index >= 15 is 0 Å². The van der Waals surface area contributed by atoms with Gasteiger partial charge in [-0.25, -0.2) is 8.42 Å². The van der Waals surface area contributed by atoms with Gasteiger partial charge in [0.25, 0.3) is 10.0 Å². The molecule has 1 N–H and O–H groups in total. The number of hydrogen-bond acceptors (Lipinski definition) is 6. The molecule has 0 saturated carbocycles. The number of H-pyrrole nitrogens is 1. The fourth-order valence-corrected chi connectivity index (χ4v) is 6.91. The first-order chi connectivity index (χ1) is 16.0. The highest BCUT2D eigenvalue weighted by atomic mass is 32.2. The molecule has 0 bridgehead atoms. The van der Waals surface area contributed by atoms with Gasteiger partial charge in [0.15, 0.2) is 5.76 Å². The van der Waals surface area contributed by atoms with E-state index in [0.29, 0.717) is 30.5 Å². The van der Waals surface area contributed by atoms with Gasteiger partial charge in [-0.1, -0.05) is 6.42 Å². The molecule has 2 aromatic heterocycles. The van der Waals surface area contributed by atoms with Crippen LogP contribution in [0.5, 0.6) is 0 Å². The molecule has 3 aliphatic heterocycles. The second-order valence-electron chi connectivity index (χ2n) is 9.44. The Bertz CT molecular complexity index is 1040. The minimum absolute atomic E-state index is 0.0949. The average Bonchev–Trinajstić information content (AvgIpc) is 3.57. The number of carbonyl (C=O) groups excluding carboxylic acids is 1. The minimum Gasteiger partial charge on any atom is -0.442 e. The molecule has 3 fully saturated rings. The van der Waals surface area contributed by atoms with Crippen LogP contribution in [0.25, 0.3) is 11.5 Å². The van der Waals surface area contributed by atoms with Gasteiger partial charge in [-0.15, -0.1) is 0 Å². The molecule has 0 radical (unpaired) electrons. The van der Waals surface area contributed by atoms with Crippen LogP contribution in [0.15, 0.2) is 33.9 Å². The molecule has 5 heterocycles. The van der Waals surface area contributed by atoms with E-state index in [-0.39, 0.29) is 23.5 Å². The number of rotatable bonds is 5. The molecule has 0 spiro atoms. The summed E-state index contributed by atoms with van der Waals surface area (Å²) in [6, 6.07) is 5.40. The van der Waals surface area contributed by atoms with E-state index in [1.807, 2.05) is 4.90 Å². The molecular formula is C23H33N5O4S. The minimum atomic E-state index is -3.80. The summed E-state index contributed by atoms with van der Waals surface area (Å²) < 4.78 is 33.5. The van der Waals surface area contributed by atoms with Crippen LogP contribution in [-0.2, 0) is 14.8 Å². The van der Waals surface area contributed by atoms with Crippen molar-refractivity contribution >= 4 is 15.9 Å². The molecule has 3 aliphatic rings. The Balaban J connectivity index is 1.20. The molecule has 180 valence electrons. The number of furan rings is 1. The number of aromatic amines is 1. The largest absolute Gasteiger partial charge is 0.442 e. The fourth-order valence-electron chi connectivity index (χ4n) is 5.48. The maximum Gasteiger partial charge on any atom is 0.276 e. The molecule has 0 aromatic carbocycles. The van der Waals surface area contributed by atoms with Crippen molar-refractivity contribution in [3.8, 4) is 11.5 Å². The SMILES string of the molecule is O=C(C1CCCN(S(=O)(=O)c2ccc(-c3ccn[nH]3)o2)C1)N1CCC(N2CCCCC2)CC1. The summed E-state index contributed by atoms with van der Waals surface area (Å²) in [4.78, 5) is 17.8. The zero-order valence-electron chi connectivity index (χ0n) is 19.0. The van der Waals surface area contributed by atoms with Gasteiger partial charge in [0, 0.05) is 38.4 Å². The molecule has 1 amide bonds. The van der Waals surface area contributed by atoms with Gasteiger partial charge in [-0.2, -0.15) is 9.40 Å². The van der Waals surface area contributed by atoms with E-state index in [1.54, 1.807) is 18.3 Å².